The molecule has 0 aromatic heterocycles. The van der Waals surface area contributed by atoms with E-state index >= 15 is 0 Å². The van der Waals surface area contributed by atoms with Crippen molar-refractivity contribution in [3.8, 4) is 0 Å². The van der Waals surface area contributed by atoms with Gasteiger partial charge in [-0.3, -0.25) is 0 Å². The average Bonchev–Trinajstić information content (AvgIpc) is 2.05. The van der Waals surface area contributed by atoms with Gasteiger partial charge in [0.25, 0.3) is 0 Å². The minimum atomic E-state index is 0.708. The number of rotatable bonds is 2. The summed E-state index contributed by atoms with van der Waals surface area (Å²) in [5, 5.41) is 0. The maximum Gasteiger partial charge on any atom is 0.0912 e. The molecular weight excluding hydrogens is 124 g/mol. The molecule has 0 heterocycles. The Morgan fingerprint density at radius 1 is 1.80 bits per heavy atom. The Morgan fingerprint density at radius 2 is 2.60 bits per heavy atom. The second kappa shape index (κ2) is 2.93. The van der Waals surface area contributed by atoms with Crippen LogP contribution in [0.2, 0.25) is 0 Å². The lowest BCUT2D eigenvalue weighted by Gasteiger charge is -2.05. The molecule has 1 rings (SSSR count). The summed E-state index contributed by atoms with van der Waals surface area (Å²) in [4.78, 5) is 0. The van der Waals surface area contributed by atoms with Gasteiger partial charge in [0.1, 0.15) is 0 Å². The molecule has 0 aliphatic heterocycles. The van der Waals surface area contributed by atoms with Crippen molar-refractivity contribution >= 4 is 0 Å². The summed E-state index contributed by atoms with van der Waals surface area (Å²) >= 11 is 0. The Morgan fingerprint density at radius 3 is 3.20 bits per heavy atom. The third-order valence-electron chi connectivity index (χ3n) is 1.21. The third-order valence-corrected chi connectivity index (χ3v) is 1.21. The van der Waals surface area contributed by atoms with Crippen LogP contribution < -0.4 is 0 Å². The van der Waals surface area contributed by atoms with Crippen molar-refractivity contribution in [1.82, 2.24) is 0 Å². The molecule has 0 saturated carbocycles. The van der Waals surface area contributed by atoms with Crippen molar-refractivity contribution in [2.75, 3.05) is 7.11 Å². The van der Waals surface area contributed by atoms with E-state index in [1.165, 1.54) is 6.08 Å². The molecule has 0 amide bonds. The van der Waals surface area contributed by atoms with Crippen molar-refractivity contribution in [3.05, 3.63) is 48.3 Å². The van der Waals surface area contributed by atoms with Gasteiger partial charge in [-0.2, -0.15) is 5.73 Å². The van der Waals surface area contributed by atoms with Gasteiger partial charge < -0.3 is 4.74 Å². The molecule has 0 aromatic carbocycles. The van der Waals surface area contributed by atoms with Crippen molar-refractivity contribution in [1.29, 1.82) is 0 Å². The minimum absolute atomic E-state index is 0.708. The van der Waals surface area contributed by atoms with E-state index in [0.29, 0.717) is 5.76 Å². The zero-order valence-electron chi connectivity index (χ0n) is 5.79. The Kier molecular flexibility index (Phi) is 1.96. The van der Waals surface area contributed by atoms with Gasteiger partial charge >= 0.3 is 0 Å². The first-order valence-electron chi connectivity index (χ1n) is 2.97. The van der Waals surface area contributed by atoms with Gasteiger partial charge in [0, 0.05) is 0 Å². The van der Waals surface area contributed by atoms with E-state index in [1.54, 1.807) is 13.2 Å². The summed E-state index contributed by atoms with van der Waals surface area (Å²) in [6.45, 7) is 5.28. The van der Waals surface area contributed by atoms with E-state index in [2.05, 4.69) is 5.73 Å². The van der Waals surface area contributed by atoms with Crippen LogP contribution in [0.5, 0.6) is 0 Å². The SMILES string of the molecule is [CH+]=CC1=CC(OC)=C=C[CH-]1. The predicted molar refractivity (Wildman–Crippen MR) is 39.9 cm³/mol. The Balaban J connectivity index is 2.83. The molecule has 0 N–H and O–H groups in total. The second-order valence-electron chi connectivity index (χ2n) is 1.86. The molecule has 0 spiro atoms. The van der Waals surface area contributed by atoms with Crippen LogP contribution in [0, 0.1) is 13.0 Å². The minimum Gasteiger partial charge on any atom is -0.507 e. The van der Waals surface area contributed by atoms with Crippen LogP contribution in [-0.4, -0.2) is 7.11 Å². The molecule has 1 aliphatic rings. The molecule has 0 atom stereocenters. The van der Waals surface area contributed by atoms with Crippen molar-refractivity contribution in [2.24, 2.45) is 0 Å². The highest BCUT2D eigenvalue weighted by Crippen LogP contribution is 2.11. The van der Waals surface area contributed by atoms with Crippen molar-refractivity contribution < 1.29 is 4.74 Å². The normalized spacial score (nSPS) is 14.8. The van der Waals surface area contributed by atoms with Crippen LogP contribution >= 0.6 is 0 Å². The quantitative estimate of drug-likeness (QED) is 0.411. The predicted octanol–water partition coefficient (Wildman–Crippen LogP) is 1.81. The van der Waals surface area contributed by atoms with Gasteiger partial charge in [-0.25, -0.2) is 0 Å². The van der Waals surface area contributed by atoms with Gasteiger partial charge in [-0.15, -0.1) is 0 Å². The zero-order valence-corrected chi connectivity index (χ0v) is 5.79. The Labute approximate surface area is 61.0 Å². The van der Waals surface area contributed by atoms with Crippen LogP contribution in [0.15, 0.2) is 35.3 Å². The first kappa shape index (κ1) is 6.70. The van der Waals surface area contributed by atoms with E-state index in [9.17, 15) is 0 Å². The number of methoxy groups -OCH3 is 1. The molecule has 1 aliphatic carbocycles. The summed E-state index contributed by atoms with van der Waals surface area (Å²) in [7, 11) is 1.60. The van der Waals surface area contributed by atoms with Gasteiger partial charge in [0.15, 0.2) is 0 Å². The average molecular weight is 132 g/mol. The lowest BCUT2D eigenvalue weighted by atomic mass is 10.1. The Hall–Kier alpha value is -1.42. The van der Waals surface area contributed by atoms with E-state index in [0.717, 1.165) is 5.57 Å². The summed E-state index contributed by atoms with van der Waals surface area (Å²) in [5.74, 6) is 0.708. The number of hydrogen-bond donors (Lipinski definition) is 0. The van der Waals surface area contributed by atoms with Crippen molar-refractivity contribution in [3.63, 3.8) is 0 Å². The fourth-order valence-electron chi connectivity index (χ4n) is 0.683. The van der Waals surface area contributed by atoms with Gasteiger partial charge in [-0.1, -0.05) is 12.5 Å². The molecular formula is C9H8O. The molecule has 0 saturated heterocycles. The van der Waals surface area contributed by atoms with E-state index in [-0.39, 0.29) is 0 Å². The highest BCUT2D eigenvalue weighted by atomic mass is 16.5. The molecule has 0 radical (unpaired) electrons. The smallest absolute Gasteiger partial charge is 0.0912 e. The highest BCUT2D eigenvalue weighted by molar-refractivity contribution is 5.38. The summed E-state index contributed by atoms with van der Waals surface area (Å²) in [6.07, 6.45) is 6.98. The number of ether oxygens (including phenoxy) is 1. The monoisotopic (exact) mass is 132 g/mol. The molecule has 1 nitrogen and oxygen atoms in total. The standard InChI is InChI=1S/C9H8O/c1-3-8-5-4-6-9(7-8)10-2/h1,3-5,7H,2H3. The first-order chi connectivity index (χ1) is 4.86. The Bertz CT molecular complexity index is 227. The van der Waals surface area contributed by atoms with Crippen molar-refractivity contribution in [2.45, 2.75) is 0 Å². The molecule has 0 fully saturated rings. The zero-order chi connectivity index (χ0) is 7.40. The van der Waals surface area contributed by atoms with Crippen LogP contribution in [0.25, 0.3) is 0 Å². The molecule has 0 bridgehead atoms. The van der Waals surface area contributed by atoms with Crippen LogP contribution in [0.1, 0.15) is 0 Å². The van der Waals surface area contributed by atoms with E-state index in [4.69, 9.17) is 11.3 Å². The van der Waals surface area contributed by atoms with Crippen LogP contribution in [0.4, 0.5) is 0 Å². The summed E-state index contributed by atoms with van der Waals surface area (Å²) in [5.41, 5.74) is 3.84. The first-order valence-corrected chi connectivity index (χ1v) is 2.97. The maximum absolute atomic E-state index is 5.28. The van der Waals surface area contributed by atoms with Gasteiger partial charge in [0.05, 0.1) is 18.9 Å². The fourth-order valence-corrected chi connectivity index (χ4v) is 0.683. The molecule has 0 unspecified atom stereocenters. The highest BCUT2D eigenvalue weighted by Gasteiger charge is 1.95. The molecule has 1 heteroatoms. The van der Waals surface area contributed by atoms with Crippen LogP contribution in [-0.2, 0) is 4.74 Å². The van der Waals surface area contributed by atoms with E-state index in [1.807, 2.05) is 12.5 Å². The lowest BCUT2D eigenvalue weighted by molar-refractivity contribution is 0.307. The summed E-state index contributed by atoms with van der Waals surface area (Å²) < 4.78 is 4.93. The lowest BCUT2D eigenvalue weighted by Crippen LogP contribution is -1.87. The van der Waals surface area contributed by atoms with E-state index < -0.39 is 0 Å². The maximum atomic E-state index is 5.28. The number of allylic oxidation sites excluding steroid dienone is 3. The van der Waals surface area contributed by atoms with Gasteiger partial charge in [-0.05, 0) is 18.2 Å². The summed E-state index contributed by atoms with van der Waals surface area (Å²) in [6, 6.07) is 0. The molecule has 0 aromatic rings. The molecule has 10 heavy (non-hydrogen) atoms. The topological polar surface area (TPSA) is 9.23 Å². The molecule has 50 valence electrons. The largest absolute Gasteiger partial charge is 0.507 e. The number of hydrogen-bond acceptors (Lipinski definition) is 1. The fraction of sp³-hybridized carbons (Fsp3) is 0.111. The second-order valence-corrected chi connectivity index (χ2v) is 1.86. The third kappa shape index (κ3) is 1.29. The van der Waals surface area contributed by atoms with Gasteiger partial charge in [0.2, 0.25) is 0 Å². The van der Waals surface area contributed by atoms with Crippen LogP contribution in [0.3, 0.4) is 0 Å².